The summed E-state index contributed by atoms with van der Waals surface area (Å²) in [5.74, 6) is -0.576. The molecule has 6 nitrogen and oxygen atoms in total. The minimum absolute atomic E-state index is 0. The second kappa shape index (κ2) is 6.36. The average Bonchev–Trinajstić information content (AvgIpc) is 2.15. The predicted molar refractivity (Wildman–Crippen MR) is 52.3 cm³/mol. The molecule has 0 saturated heterocycles. The van der Waals surface area contributed by atoms with Crippen LogP contribution in [-0.4, -0.2) is 26.0 Å². The van der Waals surface area contributed by atoms with Crippen molar-refractivity contribution in [3.8, 4) is 11.5 Å². The third-order valence-corrected chi connectivity index (χ3v) is 2.51. The monoisotopic (exact) mass is 268 g/mol. The van der Waals surface area contributed by atoms with Gasteiger partial charge in [0, 0.05) is 13.0 Å². The second-order valence-electron chi connectivity index (χ2n) is 2.86. The van der Waals surface area contributed by atoms with Crippen LogP contribution in [0.15, 0.2) is 23.1 Å². The van der Waals surface area contributed by atoms with Crippen molar-refractivity contribution in [3.05, 3.63) is 18.2 Å². The summed E-state index contributed by atoms with van der Waals surface area (Å²) < 4.78 is 41.7. The number of hydrogen-bond acceptors (Lipinski definition) is 6. The number of benzene rings is 1. The minimum Gasteiger partial charge on any atom is -0.744 e. The van der Waals surface area contributed by atoms with Gasteiger partial charge in [0.1, 0.15) is 10.1 Å². The van der Waals surface area contributed by atoms with Gasteiger partial charge in [-0.1, -0.05) is 0 Å². The van der Waals surface area contributed by atoms with Gasteiger partial charge in [-0.15, -0.1) is 0 Å². The topological polar surface area (TPSA) is 92.7 Å². The molecule has 0 fully saturated rings. The van der Waals surface area contributed by atoms with E-state index in [0.29, 0.717) is 0 Å². The van der Waals surface area contributed by atoms with Gasteiger partial charge in [0.25, 0.3) is 0 Å². The molecule has 1 aromatic rings. The van der Waals surface area contributed by atoms with E-state index in [1.807, 2.05) is 0 Å². The van der Waals surface area contributed by atoms with E-state index in [2.05, 4.69) is 0 Å². The quantitative estimate of drug-likeness (QED) is 0.261. The van der Waals surface area contributed by atoms with Crippen LogP contribution in [-0.2, 0) is 14.9 Å². The summed E-state index contributed by atoms with van der Waals surface area (Å²) >= 11 is 0. The second-order valence-corrected chi connectivity index (χ2v) is 4.24. The Morgan fingerprint density at radius 1 is 1.29 bits per heavy atom. The first kappa shape index (κ1) is 16.4. The molecule has 17 heavy (non-hydrogen) atoms. The molecule has 1 aromatic carbocycles. The molecule has 0 spiro atoms. The first-order chi connectivity index (χ1) is 7.34. The first-order valence-corrected chi connectivity index (χ1v) is 5.58. The van der Waals surface area contributed by atoms with Gasteiger partial charge in [0.2, 0.25) is 0 Å². The van der Waals surface area contributed by atoms with Crippen LogP contribution in [0.5, 0.6) is 11.5 Å². The summed E-state index contributed by atoms with van der Waals surface area (Å²) in [6.45, 7) is 1.15. The maximum Gasteiger partial charge on any atom is 1.00 e. The molecule has 0 N–H and O–H groups in total. The van der Waals surface area contributed by atoms with Gasteiger partial charge < -0.3 is 14.0 Å². The number of methoxy groups -OCH3 is 1. The molecule has 0 heterocycles. The van der Waals surface area contributed by atoms with Crippen molar-refractivity contribution in [1.29, 1.82) is 0 Å². The summed E-state index contributed by atoms with van der Waals surface area (Å²) in [5, 5.41) is 0. The number of esters is 1. The summed E-state index contributed by atoms with van der Waals surface area (Å²) in [7, 11) is -3.26. The SMILES string of the molecule is COc1ccc(S(=O)(=O)[O-])cc1OC(C)=O.[Na+]. The largest absolute Gasteiger partial charge is 1.00 e. The van der Waals surface area contributed by atoms with Gasteiger partial charge in [-0.3, -0.25) is 4.79 Å². The van der Waals surface area contributed by atoms with E-state index in [9.17, 15) is 17.8 Å². The number of carbonyl (C=O) groups excluding carboxylic acids is 1. The van der Waals surface area contributed by atoms with E-state index in [4.69, 9.17) is 9.47 Å². The zero-order chi connectivity index (χ0) is 12.3. The number of rotatable bonds is 3. The van der Waals surface area contributed by atoms with E-state index < -0.39 is 21.0 Å². The van der Waals surface area contributed by atoms with Crippen molar-refractivity contribution < 1.29 is 56.8 Å². The molecule has 88 valence electrons. The smallest absolute Gasteiger partial charge is 0.744 e. The Labute approximate surface area is 121 Å². The summed E-state index contributed by atoms with van der Waals surface area (Å²) in [5.41, 5.74) is 0. The molecular formula is C9H9NaO6S. The minimum atomic E-state index is -4.58. The van der Waals surface area contributed by atoms with Crippen LogP contribution in [0.2, 0.25) is 0 Å². The molecule has 0 aromatic heterocycles. The van der Waals surface area contributed by atoms with Crippen molar-refractivity contribution >= 4 is 16.1 Å². The van der Waals surface area contributed by atoms with Crippen molar-refractivity contribution in [3.63, 3.8) is 0 Å². The van der Waals surface area contributed by atoms with E-state index in [1.54, 1.807) is 0 Å². The molecule has 0 saturated carbocycles. The third kappa shape index (κ3) is 4.64. The van der Waals surface area contributed by atoms with Gasteiger partial charge in [0.05, 0.1) is 12.0 Å². The van der Waals surface area contributed by atoms with Gasteiger partial charge in [-0.25, -0.2) is 8.42 Å². The maximum atomic E-state index is 10.7. The fourth-order valence-electron chi connectivity index (χ4n) is 1.05. The van der Waals surface area contributed by atoms with E-state index in [-0.39, 0.29) is 41.1 Å². The number of hydrogen-bond donors (Lipinski definition) is 0. The predicted octanol–water partition coefficient (Wildman–Crippen LogP) is -2.47. The van der Waals surface area contributed by atoms with E-state index in [1.165, 1.54) is 13.2 Å². The Morgan fingerprint density at radius 2 is 1.88 bits per heavy atom. The van der Waals surface area contributed by atoms with Crippen LogP contribution >= 0.6 is 0 Å². The Kier molecular flexibility index (Phi) is 6.14. The Morgan fingerprint density at radius 3 is 2.29 bits per heavy atom. The van der Waals surface area contributed by atoms with Crippen LogP contribution in [0.4, 0.5) is 0 Å². The zero-order valence-corrected chi connectivity index (χ0v) is 12.4. The molecule has 0 radical (unpaired) electrons. The molecule has 0 unspecified atom stereocenters. The molecule has 0 aliphatic rings. The number of carbonyl (C=O) groups is 1. The standard InChI is InChI=1S/C9H10O6S.Na/c1-6(10)15-9-5-7(16(11,12)13)3-4-8(9)14-2;/h3-5H,1-2H3,(H,11,12,13);/q;+1/p-1. The third-order valence-electron chi connectivity index (χ3n) is 1.68. The Bertz CT molecular complexity index is 510. The average molecular weight is 268 g/mol. The van der Waals surface area contributed by atoms with E-state index >= 15 is 0 Å². The fourth-order valence-corrected chi connectivity index (χ4v) is 1.53. The van der Waals surface area contributed by atoms with Crippen molar-refractivity contribution in [2.24, 2.45) is 0 Å². The summed E-state index contributed by atoms with van der Waals surface area (Å²) in [6, 6.07) is 3.26. The van der Waals surface area contributed by atoms with Crippen molar-refractivity contribution in [2.75, 3.05) is 7.11 Å². The van der Waals surface area contributed by atoms with Crippen LogP contribution < -0.4 is 39.0 Å². The molecule has 0 aliphatic carbocycles. The molecule has 0 atom stereocenters. The molecule has 0 amide bonds. The maximum absolute atomic E-state index is 10.7. The van der Waals surface area contributed by atoms with Gasteiger partial charge in [-0.2, -0.15) is 0 Å². The van der Waals surface area contributed by atoms with Crippen LogP contribution in [0.25, 0.3) is 0 Å². The molecule has 0 aliphatic heterocycles. The zero-order valence-electron chi connectivity index (χ0n) is 9.59. The molecular weight excluding hydrogens is 259 g/mol. The molecule has 1 rings (SSSR count). The normalized spacial score (nSPS) is 10.3. The number of ether oxygens (including phenoxy) is 2. The van der Waals surface area contributed by atoms with Gasteiger partial charge in [0.15, 0.2) is 11.5 Å². The Hall–Kier alpha value is -0.600. The molecule has 0 bridgehead atoms. The van der Waals surface area contributed by atoms with Crippen molar-refractivity contribution in [2.45, 2.75) is 11.8 Å². The van der Waals surface area contributed by atoms with Gasteiger partial charge >= 0.3 is 35.5 Å². The van der Waals surface area contributed by atoms with Crippen molar-refractivity contribution in [1.82, 2.24) is 0 Å². The Balaban J connectivity index is 0.00000256. The first-order valence-electron chi connectivity index (χ1n) is 4.17. The van der Waals surface area contributed by atoms with Crippen LogP contribution in [0.3, 0.4) is 0 Å². The van der Waals surface area contributed by atoms with Crippen LogP contribution in [0.1, 0.15) is 6.92 Å². The molecule has 8 heteroatoms. The summed E-state index contributed by atoms with van der Waals surface area (Å²) in [4.78, 5) is 10.3. The van der Waals surface area contributed by atoms with E-state index in [0.717, 1.165) is 19.1 Å². The van der Waals surface area contributed by atoms with Gasteiger partial charge in [-0.05, 0) is 12.1 Å². The fraction of sp³-hybridized carbons (Fsp3) is 0.222. The summed E-state index contributed by atoms with van der Waals surface area (Å²) in [6.07, 6.45) is 0. The van der Waals surface area contributed by atoms with Crippen LogP contribution in [0, 0.1) is 0 Å².